The highest BCUT2D eigenvalue weighted by molar-refractivity contribution is 5.94. The summed E-state index contributed by atoms with van der Waals surface area (Å²) < 4.78 is 10.9. The maximum atomic E-state index is 12.3. The molecule has 0 spiro atoms. The molecule has 3 N–H and O–H groups in total. The number of rotatable bonds is 9. The molecule has 7 nitrogen and oxygen atoms in total. The molecule has 0 saturated carbocycles. The Kier molecular flexibility index (Phi) is 8.92. The first-order valence-corrected chi connectivity index (χ1v) is 11.3. The van der Waals surface area contributed by atoms with Gasteiger partial charge in [0.2, 0.25) is 0 Å². The number of methoxy groups -OCH3 is 1. The van der Waals surface area contributed by atoms with Crippen LogP contribution in [0.4, 0.5) is 5.69 Å². The van der Waals surface area contributed by atoms with Gasteiger partial charge in [-0.25, -0.2) is 4.99 Å². The van der Waals surface area contributed by atoms with Crippen LogP contribution < -0.4 is 20.7 Å². The molecule has 172 valence electrons. The van der Waals surface area contributed by atoms with E-state index in [9.17, 15) is 4.79 Å². The minimum atomic E-state index is -0.338. The van der Waals surface area contributed by atoms with E-state index in [1.807, 2.05) is 38.1 Å². The van der Waals surface area contributed by atoms with E-state index >= 15 is 0 Å². The lowest BCUT2D eigenvalue weighted by Gasteiger charge is -2.13. The molecule has 1 amide bonds. The van der Waals surface area contributed by atoms with Crippen molar-refractivity contribution >= 4 is 17.6 Å². The number of carbonyl (C=O) groups is 1. The Balaban J connectivity index is 1.54. The normalized spacial score (nSPS) is 16.0. The Morgan fingerprint density at radius 1 is 1.19 bits per heavy atom. The molecule has 0 aromatic heterocycles. The van der Waals surface area contributed by atoms with Gasteiger partial charge in [0.05, 0.1) is 13.7 Å². The topological polar surface area (TPSA) is 84.0 Å². The first-order valence-electron chi connectivity index (χ1n) is 11.3. The van der Waals surface area contributed by atoms with Gasteiger partial charge < -0.3 is 25.4 Å². The third-order valence-electron chi connectivity index (χ3n) is 5.36. The Bertz CT molecular complexity index is 923. The van der Waals surface area contributed by atoms with E-state index in [0.717, 1.165) is 60.9 Å². The van der Waals surface area contributed by atoms with E-state index in [-0.39, 0.29) is 12.0 Å². The molecule has 7 heteroatoms. The van der Waals surface area contributed by atoms with E-state index in [0.29, 0.717) is 13.2 Å². The third kappa shape index (κ3) is 6.99. The smallest absolute Gasteiger partial charge is 0.253 e. The van der Waals surface area contributed by atoms with E-state index in [4.69, 9.17) is 14.5 Å². The van der Waals surface area contributed by atoms with Crippen molar-refractivity contribution < 1.29 is 14.3 Å². The number of hydrogen-bond acceptors (Lipinski definition) is 4. The summed E-state index contributed by atoms with van der Waals surface area (Å²) in [5.74, 6) is 1.60. The second-order valence-corrected chi connectivity index (χ2v) is 7.87. The Hall–Kier alpha value is -3.06. The first kappa shape index (κ1) is 23.6. The average Bonchev–Trinajstić information content (AvgIpc) is 3.34. The van der Waals surface area contributed by atoms with Gasteiger partial charge in [-0.05, 0) is 68.0 Å². The lowest BCUT2D eigenvalue weighted by atomic mass is 10.1. The number of anilines is 1. The minimum absolute atomic E-state index is 0.0779. The van der Waals surface area contributed by atoms with E-state index < -0.39 is 0 Å². The van der Waals surface area contributed by atoms with Crippen LogP contribution >= 0.6 is 0 Å². The first-order chi connectivity index (χ1) is 15.6. The van der Waals surface area contributed by atoms with Crippen LogP contribution in [-0.2, 0) is 22.5 Å². The number of carbonyl (C=O) groups excluding carboxylic acids is 1. The van der Waals surface area contributed by atoms with Gasteiger partial charge >= 0.3 is 0 Å². The van der Waals surface area contributed by atoms with Crippen molar-refractivity contribution in [3.63, 3.8) is 0 Å². The number of aryl methyl sites for hydroxylation is 1. The summed E-state index contributed by atoms with van der Waals surface area (Å²) in [6.07, 6.45) is 2.24. The monoisotopic (exact) mass is 438 g/mol. The Labute approximate surface area is 190 Å². The predicted octanol–water partition coefficient (Wildman–Crippen LogP) is 3.42. The Morgan fingerprint density at radius 3 is 2.81 bits per heavy atom. The van der Waals surface area contributed by atoms with Crippen LogP contribution in [0.25, 0.3) is 0 Å². The molecule has 1 saturated heterocycles. The summed E-state index contributed by atoms with van der Waals surface area (Å²) in [5.41, 5.74) is 4.14. The standard InChI is InChI=1S/C25H34N4O3/c1-4-26-25(27-13-12-19-11-10-18(2)23(16-19)31-3)28-17-20-7-5-8-21(15-20)29-24(30)22-9-6-14-32-22/h5,7-8,10-11,15-16,22H,4,6,9,12-14,17H2,1-3H3,(H,29,30)(H2,26,27,28). The largest absolute Gasteiger partial charge is 0.496 e. The van der Waals surface area contributed by atoms with Crippen molar-refractivity contribution in [3.05, 3.63) is 59.2 Å². The number of hydrogen-bond donors (Lipinski definition) is 3. The van der Waals surface area contributed by atoms with Gasteiger partial charge in [-0.2, -0.15) is 0 Å². The van der Waals surface area contributed by atoms with Crippen LogP contribution in [0.15, 0.2) is 47.5 Å². The highest BCUT2D eigenvalue weighted by Gasteiger charge is 2.23. The zero-order valence-electron chi connectivity index (χ0n) is 19.2. The number of amides is 1. The van der Waals surface area contributed by atoms with E-state index in [2.05, 4.69) is 34.1 Å². The van der Waals surface area contributed by atoms with Gasteiger partial charge in [-0.15, -0.1) is 0 Å². The molecule has 0 aliphatic carbocycles. The van der Waals surface area contributed by atoms with Crippen molar-refractivity contribution in [1.29, 1.82) is 0 Å². The van der Waals surface area contributed by atoms with E-state index in [1.165, 1.54) is 5.56 Å². The number of benzene rings is 2. The maximum Gasteiger partial charge on any atom is 0.253 e. The molecular weight excluding hydrogens is 404 g/mol. The summed E-state index contributed by atoms with van der Waals surface area (Å²) in [6.45, 7) is 6.79. The van der Waals surface area contributed by atoms with Gasteiger partial charge in [0.1, 0.15) is 11.9 Å². The fraction of sp³-hybridized carbons (Fsp3) is 0.440. The molecule has 1 aliphatic rings. The van der Waals surface area contributed by atoms with Crippen molar-refractivity contribution in [1.82, 2.24) is 10.6 Å². The number of ether oxygens (including phenoxy) is 2. The van der Waals surface area contributed by atoms with Crippen LogP contribution in [0, 0.1) is 6.92 Å². The second kappa shape index (κ2) is 12.1. The predicted molar refractivity (Wildman–Crippen MR) is 128 cm³/mol. The molecular formula is C25H34N4O3. The molecule has 2 aromatic rings. The third-order valence-corrected chi connectivity index (χ3v) is 5.36. The molecule has 3 rings (SSSR count). The second-order valence-electron chi connectivity index (χ2n) is 7.87. The summed E-state index contributed by atoms with van der Waals surface area (Å²) in [5, 5.41) is 9.62. The van der Waals surface area contributed by atoms with Crippen LogP contribution in [0.3, 0.4) is 0 Å². The summed E-state index contributed by atoms with van der Waals surface area (Å²) in [4.78, 5) is 17.0. The summed E-state index contributed by atoms with van der Waals surface area (Å²) >= 11 is 0. The highest BCUT2D eigenvalue weighted by Crippen LogP contribution is 2.19. The fourth-order valence-corrected chi connectivity index (χ4v) is 3.61. The molecule has 0 radical (unpaired) electrons. The highest BCUT2D eigenvalue weighted by atomic mass is 16.5. The molecule has 1 unspecified atom stereocenters. The van der Waals surface area contributed by atoms with Crippen molar-refractivity contribution in [3.8, 4) is 5.75 Å². The summed E-state index contributed by atoms with van der Waals surface area (Å²) in [6, 6.07) is 14.1. The van der Waals surface area contributed by atoms with Crippen molar-refractivity contribution in [2.24, 2.45) is 4.99 Å². The van der Waals surface area contributed by atoms with Gasteiger partial charge in [0.15, 0.2) is 5.96 Å². The Morgan fingerprint density at radius 2 is 2.06 bits per heavy atom. The zero-order chi connectivity index (χ0) is 22.8. The van der Waals surface area contributed by atoms with Crippen LogP contribution in [0.1, 0.15) is 36.5 Å². The van der Waals surface area contributed by atoms with Crippen molar-refractivity contribution in [2.75, 3.05) is 32.1 Å². The number of guanidine groups is 1. The van der Waals surface area contributed by atoms with Crippen LogP contribution in [-0.4, -0.2) is 44.8 Å². The fourth-order valence-electron chi connectivity index (χ4n) is 3.61. The quantitative estimate of drug-likeness (QED) is 0.413. The summed E-state index contributed by atoms with van der Waals surface area (Å²) in [7, 11) is 1.70. The van der Waals surface area contributed by atoms with Gasteiger partial charge in [-0.3, -0.25) is 4.79 Å². The number of aliphatic imine (C=N–C) groups is 1. The van der Waals surface area contributed by atoms with Crippen LogP contribution in [0.5, 0.6) is 5.75 Å². The SMILES string of the molecule is CCNC(=NCc1cccc(NC(=O)C2CCCO2)c1)NCCc1ccc(C)c(OC)c1. The maximum absolute atomic E-state index is 12.3. The molecule has 1 atom stereocenters. The van der Waals surface area contributed by atoms with Crippen molar-refractivity contribution in [2.45, 2.75) is 45.8 Å². The van der Waals surface area contributed by atoms with Gasteiger partial charge in [0, 0.05) is 25.4 Å². The molecule has 1 heterocycles. The van der Waals surface area contributed by atoms with E-state index in [1.54, 1.807) is 7.11 Å². The average molecular weight is 439 g/mol. The van der Waals surface area contributed by atoms with Crippen LogP contribution in [0.2, 0.25) is 0 Å². The minimum Gasteiger partial charge on any atom is -0.496 e. The van der Waals surface area contributed by atoms with Gasteiger partial charge in [-0.1, -0.05) is 24.3 Å². The number of nitrogens with one attached hydrogen (secondary N) is 3. The molecule has 1 aliphatic heterocycles. The molecule has 2 aromatic carbocycles. The zero-order valence-corrected chi connectivity index (χ0v) is 19.2. The molecule has 1 fully saturated rings. The van der Waals surface area contributed by atoms with Gasteiger partial charge in [0.25, 0.3) is 5.91 Å². The lowest BCUT2D eigenvalue weighted by Crippen LogP contribution is -2.38. The number of nitrogens with zero attached hydrogens (tertiary/aromatic N) is 1. The lowest BCUT2D eigenvalue weighted by molar-refractivity contribution is -0.124. The molecule has 32 heavy (non-hydrogen) atoms. The molecule has 0 bridgehead atoms.